The molecule has 4 rings (SSSR count). The number of aromatic nitrogens is 6. The summed E-state index contributed by atoms with van der Waals surface area (Å²) in [4.78, 5) is 11.7. The quantitative estimate of drug-likeness (QED) is 0.306. The van der Waals surface area contributed by atoms with E-state index in [2.05, 4.69) is 20.5 Å². The van der Waals surface area contributed by atoms with Gasteiger partial charge < -0.3 is 5.10 Å². The highest BCUT2D eigenvalue weighted by atomic mass is 32.1. The smallest absolute Gasteiger partial charge is 0.269 e. The molecule has 28 heavy (non-hydrogen) atoms. The largest absolute Gasteiger partial charge is 0.304 e. The van der Waals surface area contributed by atoms with Gasteiger partial charge in [-0.2, -0.15) is 4.80 Å². The van der Waals surface area contributed by atoms with E-state index in [1.165, 1.54) is 16.9 Å². The minimum Gasteiger partial charge on any atom is -0.304 e. The second-order valence-corrected chi connectivity index (χ2v) is 6.52. The minimum atomic E-state index is -0.433. The summed E-state index contributed by atoms with van der Waals surface area (Å²) >= 11 is 5.53. The first-order valence-electron chi connectivity index (χ1n) is 8.44. The summed E-state index contributed by atoms with van der Waals surface area (Å²) in [6.45, 7) is 0.975. The summed E-state index contributed by atoms with van der Waals surface area (Å²) < 4.78 is 2.44. The SMILES string of the molecule is O=[N+]([O-])c1ccc(Cn2nnc(-c3c[nH]n(Cc4ccccc4)c3=S)n2)cc1. The van der Waals surface area contributed by atoms with Crippen molar-refractivity contribution in [2.75, 3.05) is 0 Å². The van der Waals surface area contributed by atoms with E-state index in [0.717, 1.165) is 11.1 Å². The third-order valence-corrected chi connectivity index (χ3v) is 4.63. The standard InChI is InChI=1S/C18H15N7O2S/c26-25(27)15-8-6-14(7-9-15)12-24-21-17(20-22-24)16-10-19-23(18(16)28)11-13-4-2-1-3-5-13/h1-10,19H,11-12H2. The molecule has 0 saturated carbocycles. The summed E-state index contributed by atoms with van der Waals surface area (Å²) in [6.07, 6.45) is 1.76. The molecule has 0 fully saturated rings. The lowest BCUT2D eigenvalue weighted by molar-refractivity contribution is -0.384. The Bertz CT molecular complexity index is 1160. The van der Waals surface area contributed by atoms with Crippen LogP contribution in [0.2, 0.25) is 0 Å². The maximum Gasteiger partial charge on any atom is 0.269 e. The van der Waals surface area contributed by atoms with Gasteiger partial charge in [0.05, 0.1) is 23.6 Å². The maximum absolute atomic E-state index is 10.7. The van der Waals surface area contributed by atoms with Gasteiger partial charge in [-0.25, -0.2) is 0 Å². The van der Waals surface area contributed by atoms with Crippen LogP contribution in [0.5, 0.6) is 0 Å². The Hall–Kier alpha value is -3.66. The summed E-state index contributed by atoms with van der Waals surface area (Å²) in [5.41, 5.74) is 2.70. The molecule has 1 N–H and O–H groups in total. The lowest BCUT2D eigenvalue weighted by Crippen LogP contribution is -2.04. The molecule has 2 heterocycles. The van der Waals surface area contributed by atoms with Crippen molar-refractivity contribution in [1.29, 1.82) is 0 Å². The Morgan fingerprint density at radius 2 is 1.75 bits per heavy atom. The number of non-ortho nitro benzene ring substituents is 1. The molecule has 9 nitrogen and oxygen atoms in total. The molecule has 0 unspecified atom stereocenters. The number of nitro benzene ring substituents is 1. The van der Waals surface area contributed by atoms with E-state index in [0.29, 0.717) is 29.1 Å². The van der Waals surface area contributed by atoms with Gasteiger partial charge in [0.1, 0.15) is 4.64 Å². The highest BCUT2D eigenvalue weighted by molar-refractivity contribution is 7.71. The van der Waals surface area contributed by atoms with Crippen molar-refractivity contribution in [3.05, 3.63) is 86.7 Å². The minimum absolute atomic E-state index is 0.0435. The van der Waals surface area contributed by atoms with Crippen LogP contribution in [0.25, 0.3) is 11.4 Å². The van der Waals surface area contributed by atoms with Gasteiger partial charge in [0, 0.05) is 18.3 Å². The van der Waals surface area contributed by atoms with Crippen LogP contribution in [0.1, 0.15) is 11.1 Å². The Morgan fingerprint density at radius 1 is 1.04 bits per heavy atom. The van der Waals surface area contributed by atoms with Crippen LogP contribution >= 0.6 is 12.2 Å². The molecule has 0 radical (unpaired) electrons. The molecule has 2 aromatic heterocycles. The molecule has 0 amide bonds. The van der Waals surface area contributed by atoms with Crippen LogP contribution in [0.4, 0.5) is 5.69 Å². The highest BCUT2D eigenvalue weighted by Crippen LogP contribution is 2.17. The van der Waals surface area contributed by atoms with E-state index in [4.69, 9.17) is 12.2 Å². The lowest BCUT2D eigenvalue weighted by Gasteiger charge is -2.02. The third-order valence-electron chi connectivity index (χ3n) is 4.19. The van der Waals surface area contributed by atoms with E-state index in [1.54, 1.807) is 18.3 Å². The van der Waals surface area contributed by atoms with Gasteiger partial charge in [-0.05, 0) is 16.3 Å². The number of aromatic amines is 1. The van der Waals surface area contributed by atoms with E-state index in [1.807, 2.05) is 35.0 Å². The second kappa shape index (κ2) is 7.53. The molecule has 0 atom stereocenters. The average molecular weight is 393 g/mol. The van der Waals surface area contributed by atoms with Gasteiger partial charge in [0.25, 0.3) is 5.69 Å². The third kappa shape index (κ3) is 3.71. The van der Waals surface area contributed by atoms with Crippen molar-refractivity contribution >= 4 is 17.9 Å². The molecule has 0 aliphatic rings. The number of nitro groups is 1. The molecule has 2 aromatic carbocycles. The first-order chi connectivity index (χ1) is 13.6. The number of nitrogens with one attached hydrogen (secondary N) is 1. The number of rotatable bonds is 6. The van der Waals surface area contributed by atoms with Gasteiger partial charge in [-0.15, -0.1) is 10.2 Å². The van der Waals surface area contributed by atoms with Crippen molar-refractivity contribution in [1.82, 2.24) is 30.0 Å². The van der Waals surface area contributed by atoms with Gasteiger partial charge in [0.2, 0.25) is 5.82 Å². The molecule has 0 bridgehead atoms. The first kappa shape index (κ1) is 17.7. The van der Waals surface area contributed by atoms with E-state index in [9.17, 15) is 10.1 Å². The molecular formula is C18H15N7O2S. The summed E-state index contributed by atoms with van der Waals surface area (Å²) in [7, 11) is 0. The zero-order valence-electron chi connectivity index (χ0n) is 14.6. The summed E-state index contributed by atoms with van der Waals surface area (Å²) in [6, 6.07) is 16.2. The molecule has 140 valence electrons. The molecule has 0 aliphatic carbocycles. The Morgan fingerprint density at radius 3 is 2.46 bits per heavy atom. The van der Waals surface area contributed by atoms with Crippen LogP contribution in [0.15, 0.2) is 60.8 Å². The highest BCUT2D eigenvalue weighted by Gasteiger charge is 2.12. The number of benzene rings is 2. The van der Waals surface area contributed by atoms with Crippen molar-refractivity contribution in [2.45, 2.75) is 13.1 Å². The zero-order valence-corrected chi connectivity index (χ0v) is 15.4. The Labute approximate surface area is 164 Å². The number of hydrogen-bond acceptors (Lipinski definition) is 6. The van der Waals surface area contributed by atoms with Crippen LogP contribution in [-0.2, 0) is 13.1 Å². The first-order valence-corrected chi connectivity index (χ1v) is 8.84. The van der Waals surface area contributed by atoms with Crippen LogP contribution in [0, 0.1) is 14.8 Å². The number of nitrogens with zero attached hydrogens (tertiary/aromatic N) is 6. The van der Waals surface area contributed by atoms with E-state index < -0.39 is 4.92 Å². The van der Waals surface area contributed by atoms with Crippen molar-refractivity contribution < 1.29 is 4.92 Å². The lowest BCUT2D eigenvalue weighted by atomic mass is 10.2. The summed E-state index contributed by atoms with van der Waals surface area (Å²) in [5, 5.41) is 26.4. The fourth-order valence-corrected chi connectivity index (χ4v) is 3.02. The fraction of sp³-hybridized carbons (Fsp3) is 0.111. The molecular weight excluding hydrogens is 378 g/mol. The van der Waals surface area contributed by atoms with Gasteiger partial charge in [-0.3, -0.25) is 14.8 Å². The van der Waals surface area contributed by atoms with Gasteiger partial charge >= 0.3 is 0 Å². The topological polar surface area (TPSA) is 107 Å². The second-order valence-electron chi connectivity index (χ2n) is 6.13. The zero-order chi connectivity index (χ0) is 19.5. The molecule has 0 spiro atoms. The fourth-order valence-electron chi connectivity index (χ4n) is 2.76. The van der Waals surface area contributed by atoms with Crippen molar-refractivity contribution in [2.24, 2.45) is 0 Å². The van der Waals surface area contributed by atoms with Gasteiger partial charge in [-0.1, -0.05) is 54.7 Å². The van der Waals surface area contributed by atoms with Gasteiger partial charge in [0.15, 0.2) is 0 Å². The number of H-pyrrole nitrogens is 1. The number of tetrazole rings is 1. The van der Waals surface area contributed by atoms with Crippen molar-refractivity contribution in [3.8, 4) is 11.4 Å². The monoisotopic (exact) mass is 393 g/mol. The molecule has 0 saturated heterocycles. The summed E-state index contributed by atoms with van der Waals surface area (Å²) in [5.74, 6) is 0.426. The van der Waals surface area contributed by atoms with Crippen LogP contribution in [-0.4, -0.2) is 34.9 Å². The molecule has 10 heteroatoms. The maximum atomic E-state index is 10.7. The number of hydrogen-bond donors (Lipinski definition) is 1. The predicted molar refractivity (Wildman–Crippen MR) is 104 cm³/mol. The predicted octanol–water partition coefficient (Wildman–Crippen LogP) is 3.20. The Balaban J connectivity index is 1.51. The van der Waals surface area contributed by atoms with Crippen molar-refractivity contribution in [3.63, 3.8) is 0 Å². The Kier molecular flexibility index (Phi) is 4.77. The van der Waals surface area contributed by atoms with E-state index >= 15 is 0 Å². The molecule has 4 aromatic rings. The average Bonchev–Trinajstić information content (AvgIpc) is 3.30. The van der Waals surface area contributed by atoms with Crippen LogP contribution in [0.3, 0.4) is 0 Å². The van der Waals surface area contributed by atoms with Crippen LogP contribution < -0.4 is 0 Å². The normalized spacial score (nSPS) is 10.9. The van der Waals surface area contributed by atoms with E-state index in [-0.39, 0.29) is 5.69 Å². The molecule has 0 aliphatic heterocycles.